The van der Waals surface area contributed by atoms with Crippen molar-refractivity contribution in [1.29, 1.82) is 0 Å². The Morgan fingerprint density at radius 1 is 0.929 bits per heavy atom. The minimum absolute atomic E-state index is 0.0185. The van der Waals surface area contributed by atoms with Crippen molar-refractivity contribution in [3.63, 3.8) is 0 Å². The smallest absolute Gasteiger partial charge is 0.241 e. The number of benzene rings is 2. The van der Waals surface area contributed by atoms with Crippen LogP contribution in [0.2, 0.25) is 0 Å². The fourth-order valence-electron chi connectivity index (χ4n) is 3.45. The lowest BCUT2D eigenvalue weighted by Crippen LogP contribution is -2.47. The van der Waals surface area contributed by atoms with Gasteiger partial charge in [0.1, 0.15) is 0 Å². The van der Waals surface area contributed by atoms with Gasteiger partial charge in [0.25, 0.3) is 0 Å². The predicted molar refractivity (Wildman–Crippen MR) is 116 cm³/mol. The first-order chi connectivity index (χ1) is 13.8. The molecule has 1 saturated heterocycles. The van der Waals surface area contributed by atoms with Crippen LogP contribution < -0.4 is 10.3 Å². The first-order valence-electron chi connectivity index (χ1n) is 10.2. The predicted octanol–water partition coefficient (Wildman–Crippen LogP) is 3.52. The first-order valence-corrected chi connectivity index (χ1v) is 10.2. The third kappa shape index (κ3) is 5.92. The highest BCUT2D eigenvalue weighted by atomic mass is 16.2. The summed E-state index contributed by atoms with van der Waals surface area (Å²) in [4.78, 5) is 17.0. The molecule has 148 valence electrons. The summed E-state index contributed by atoms with van der Waals surface area (Å²) in [7, 11) is 0. The van der Waals surface area contributed by atoms with Crippen LogP contribution in [0.1, 0.15) is 31.7 Å². The molecule has 0 aromatic heterocycles. The second-order valence-electron chi connectivity index (χ2n) is 7.12. The zero-order valence-corrected chi connectivity index (χ0v) is 16.7. The molecule has 5 heteroatoms. The van der Waals surface area contributed by atoms with Gasteiger partial charge in [-0.2, -0.15) is 5.10 Å². The van der Waals surface area contributed by atoms with Crippen molar-refractivity contribution in [3.8, 4) is 0 Å². The minimum atomic E-state index is -0.0185. The van der Waals surface area contributed by atoms with Crippen molar-refractivity contribution in [3.05, 3.63) is 66.2 Å². The number of carbonyl (C=O) groups excluding carboxylic acids is 1. The van der Waals surface area contributed by atoms with Crippen molar-refractivity contribution < 1.29 is 4.79 Å². The summed E-state index contributed by atoms with van der Waals surface area (Å²) in [5.74, 6) is -0.0185. The molecular weight excluding hydrogens is 348 g/mol. The van der Waals surface area contributed by atoms with E-state index in [-0.39, 0.29) is 5.91 Å². The molecule has 0 saturated carbocycles. The van der Waals surface area contributed by atoms with E-state index in [0.29, 0.717) is 6.42 Å². The lowest BCUT2D eigenvalue weighted by atomic mass is 10.1. The van der Waals surface area contributed by atoms with E-state index < -0.39 is 0 Å². The van der Waals surface area contributed by atoms with Crippen LogP contribution in [0.5, 0.6) is 0 Å². The number of rotatable bonds is 8. The molecule has 2 aromatic carbocycles. The Kier molecular flexibility index (Phi) is 7.62. The number of hydrogen-bond donors (Lipinski definition) is 1. The monoisotopic (exact) mass is 378 g/mol. The van der Waals surface area contributed by atoms with E-state index in [1.54, 1.807) is 0 Å². The molecule has 1 aliphatic heterocycles. The first kappa shape index (κ1) is 20.1. The van der Waals surface area contributed by atoms with Crippen molar-refractivity contribution in [2.45, 2.75) is 26.2 Å². The van der Waals surface area contributed by atoms with Gasteiger partial charge < -0.3 is 4.90 Å². The lowest BCUT2D eigenvalue weighted by Gasteiger charge is -2.36. The molecule has 5 nitrogen and oxygen atoms in total. The molecule has 1 aliphatic rings. The molecule has 3 rings (SSSR count). The minimum Gasteiger partial charge on any atom is -0.369 e. The van der Waals surface area contributed by atoms with E-state index in [1.165, 1.54) is 5.69 Å². The molecule has 2 aromatic rings. The van der Waals surface area contributed by atoms with Gasteiger partial charge in [0, 0.05) is 44.8 Å². The largest absolute Gasteiger partial charge is 0.369 e. The maximum atomic E-state index is 12.3. The Morgan fingerprint density at radius 3 is 2.21 bits per heavy atom. The van der Waals surface area contributed by atoms with E-state index in [4.69, 9.17) is 0 Å². The molecule has 1 fully saturated rings. The average Bonchev–Trinajstić information content (AvgIpc) is 2.77. The summed E-state index contributed by atoms with van der Waals surface area (Å²) in [6.07, 6.45) is 2.32. The van der Waals surface area contributed by atoms with Crippen LogP contribution in [-0.2, 0) is 4.79 Å². The van der Waals surface area contributed by atoms with Gasteiger partial charge in [-0.15, -0.1) is 0 Å². The number of nitrogens with zero attached hydrogens (tertiary/aromatic N) is 3. The van der Waals surface area contributed by atoms with Crippen LogP contribution in [-0.4, -0.2) is 49.2 Å². The lowest BCUT2D eigenvalue weighted by molar-refractivity contribution is -0.121. The number of nitrogens with one attached hydrogen (secondary N) is 1. The molecule has 0 radical (unpaired) electrons. The van der Waals surface area contributed by atoms with Crippen molar-refractivity contribution in [2.75, 3.05) is 37.6 Å². The standard InChI is InChI=1S/C23H30N4O/c1-2-9-22(20-10-5-3-6-11-20)24-25-23(28)14-15-26-16-18-27(19-17-26)21-12-7-4-8-13-21/h3-8,10-13H,2,9,14-19H2,1H3,(H,25,28)/b24-22-. The highest BCUT2D eigenvalue weighted by Gasteiger charge is 2.17. The van der Waals surface area contributed by atoms with Gasteiger partial charge in [0.05, 0.1) is 5.71 Å². The zero-order chi connectivity index (χ0) is 19.6. The summed E-state index contributed by atoms with van der Waals surface area (Å²) in [5, 5.41) is 4.39. The molecule has 1 amide bonds. The number of anilines is 1. The van der Waals surface area contributed by atoms with Crippen LogP contribution in [0.3, 0.4) is 0 Å². The van der Waals surface area contributed by atoms with Gasteiger partial charge in [0.2, 0.25) is 5.91 Å². The van der Waals surface area contributed by atoms with E-state index in [0.717, 1.165) is 56.8 Å². The summed E-state index contributed by atoms with van der Waals surface area (Å²) < 4.78 is 0. The van der Waals surface area contributed by atoms with Gasteiger partial charge in [-0.1, -0.05) is 61.9 Å². The summed E-state index contributed by atoms with van der Waals surface area (Å²) >= 11 is 0. The number of hydrazone groups is 1. The van der Waals surface area contributed by atoms with E-state index in [9.17, 15) is 4.79 Å². The molecule has 0 unspecified atom stereocenters. The maximum absolute atomic E-state index is 12.3. The molecule has 0 aliphatic carbocycles. The number of carbonyl (C=O) groups is 1. The van der Waals surface area contributed by atoms with Crippen molar-refractivity contribution in [1.82, 2.24) is 10.3 Å². The molecule has 0 spiro atoms. The number of amides is 1. The molecule has 0 atom stereocenters. The SMILES string of the molecule is CCC/C(=N/NC(=O)CCN1CCN(c2ccccc2)CC1)c1ccccc1. The summed E-state index contributed by atoms with van der Waals surface area (Å²) in [5.41, 5.74) is 6.04. The van der Waals surface area contributed by atoms with E-state index in [2.05, 4.69) is 51.5 Å². The molecule has 0 bridgehead atoms. The van der Waals surface area contributed by atoms with Crippen molar-refractivity contribution in [2.24, 2.45) is 5.10 Å². The summed E-state index contributed by atoms with van der Waals surface area (Å²) in [6, 6.07) is 20.6. The van der Waals surface area contributed by atoms with Gasteiger partial charge in [-0.05, 0) is 24.1 Å². The molecular formula is C23H30N4O. The van der Waals surface area contributed by atoms with Crippen LogP contribution in [0.4, 0.5) is 5.69 Å². The highest BCUT2D eigenvalue weighted by molar-refractivity contribution is 6.01. The van der Waals surface area contributed by atoms with Crippen LogP contribution in [0.15, 0.2) is 65.8 Å². The quantitative estimate of drug-likeness (QED) is 0.565. The highest BCUT2D eigenvalue weighted by Crippen LogP contribution is 2.15. The molecule has 28 heavy (non-hydrogen) atoms. The van der Waals surface area contributed by atoms with Gasteiger partial charge in [-0.3, -0.25) is 9.69 Å². The number of para-hydroxylation sites is 1. The molecule has 1 heterocycles. The van der Waals surface area contributed by atoms with Gasteiger partial charge in [0.15, 0.2) is 0 Å². The van der Waals surface area contributed by atoms with Crippen LogP contribution >= 0.6 is 0 Å². The summed E-state index contributed by atoms with van der Waals surface area (Å²) in [6.45, 7) is 6.86. The Bertz CT molecular complexity index is 753. The van der Waals surface area contributed by atoms with Crippen LogP contribution in [0, 0.1) is 0 Å². The average molecular weight is 379 g/mol. The van der Waals surface area contributed by atoms with Gasteiger partial charge >= 0.3 is 0 Å². The molecule has 1 N–H and O–H groups in total. The third-order valence-corrected chi connectivity index (χ3v) is 5.06. The Labute approximate surface area is 168 Å². The Balaban J connectivity index is 1.43. The second kappa shape index (κ2) is 10.6. The van der Waals surface area contributed by atoms with Crippen LogP contribution in [0.25, 0.3) is 0 Å². The maximum Gasteiger partial charge on any atom is 0.241 e. The van der Waals surface area contributed by atoms with Crippen molar-refractivity contribution >= 4 is 17.3 Å². The second-order valence-corrected chi connectivity index (χ2v) is 7.12. The van der Waals surface area contributed by atoms with E-state index in [1.807, 2.05) is 36.4 Å². The fourth-order valence-corrected chi connectivity index (χ4v) is 3.45. The van der Waals surface area contributed by atoms with Gasteiger partial charge in [-0.25, -0.2) is 5.43 Å². The normalized spacial score (nSPS) is 15.5. The third-order valence-electron chi connectivity index (χ3n) is 5.06. The number of hydrogen-bond acceptors (Lipinski definition) is 4. The Morgan fingerprint density at radius 2 is 1.57 bits per heavy atom. The zero-order valence-electron chi connectivity index (χ0n) is 16.7. The fraction of sp³-hybridized carbons (Fsp3) is 0.391. The Hall–Kier alpha value is -2.66. The number of piperazine rings is 1. The topological polar surface area (TPSA) is 47.9 Å². The van der Waals surface area contributed by atoms with E-state index >= 15 is 0 Å².